The minimum Gasteiger partial charge on any atom is -0.454 e. The van der Waals surface area contributed by atoms with Gasteiger partial charge in [-0.2, -0.15) is 0 Å². The van der Waals surface area contributed by atoms with Crippen LogP contribution in [0.1, 0.15) is 11.1 Å². The molecule has 31 heavy (non-hydrogen) atoms. The maximum Gasteiger partial charge on any atom is 0.321 e. The number of fused-ring (bicyclic) bond motifs is 1. The lowest BCUT2D eigenvalue weighted by molar-refractivity contribution is -0.123. The summed E-state index contributed by atoms with van der Waals surface area (Å²) in [5, 5.41) is 15.0. The summed E-state index contributed by atoms with van der Waals surface area (Å²) in [6.07, 6.45) is 0.331. The summed E-state index contributed by atoms with van der Waals surface area (Å²) in [4.78, 5) is 25.3. The Kier molecular flexibility index (Phi) is 6.43. The molecule has 160 valence electrons. The van der Waals surface area contributed by atoms with Gasteiger partial charge < -0.3 is 20.1 Å². The van der Waals surface area contributed by atoms with Gasteiger partial charge in [-0.15, -0.1) is 5.10 Å². The number of rotatable bonds is 7. The van der Waals surface area contributed by atoms with Crippen molar-refractivity contribution in [1.82, 2.24) is 20.8 Å². The number of amides is 3. The molecule has 0 fully saturated rings. The molecule has 2 aromatic carbocycles. The Labute approximate surface area is 186 Å². The van der Waals surface area contributed by atoms with Gasteiger partial charge in [-0.25, -0.2) is 4.79 Å². The number of aromatic nitrogens is 2. The molecule has 1 aromatic heterocycles. The highest BCUT2D eigenvalue weighted by atomic mass is 32.1. The van der Waals surface area contributed by atoms with Gasteiger partial charge in [-0.05, 0) is 35.5 Å². The number of H-pyrrole nitrogens is 1. The number of carbonyl (C=O) groups excluding carboxylic acids is 2. The Morgan fingerprint density at radius 1 is 1.13 bits per heavy atom. The number of ether oxygens (including phenoxy) is 2. The van der Waals surface area contributed by atoms with Crippen LogP contribution < -0.4 is 25.4 Å². The molecule has 1 atom stereocenters. The lowest BCUT2D eigenvalue weighted by Gasteiger charge is -2.19. The third kappa shape index (κ3) is 5.58. The first-order valence-corrected chi connectivity index (χ1v) is 10.6. The van der Waals surface area contributed by atoms with E-state index in [1.54, 1.807) is 6.07 Å². The van der Waals surface area contributed by atoms with Gasteiger partial charge in [0.2, 0.25) is 17.8 Å². The summed E-state index contributed by atoms with van der Waals surface area (Å²) in [5.41, 5.74) is 1.78. The highest BCUT2D eigenvalue weighted by Gasteiger charge is 2.22. The molecule has 1 aliphatic heterocycles. The molecular formula is C20H19N5O4S2. The molecule has 0 radical (unpaired) electrons. The van der Waals surface area contributed by atoms with Crippen LogP contribution >= 0.6 is 23.6 Å². The van der Waals surface area contributed by atoms with Crippen LogP contribution in [-0.4, -0.2) is 35.0 Å². The maximum atomic E-state index is 12.9. The van der Waals surface area contributed by atoms with Crippen molar-refractivity contribution < 1.29 is 19.1 Å². The molecule has 0 aliphatic carbocycles. The molecule has 3 amide bonds. The van der Waals surface area contributed by atoms with Crippen molar-refractivity contribution in [3.05, 3.63) is 63.6 Å². The molecule has 0 saturated heterocycles. The molecule has 9 nitrogen and oxygen atoms in total. The van der Waals surface area contributed by atoms with E-state index >= 15 is 0 Å². The highest BCUT2D eigenvalue weighted by Crippen LogP contribution is 2.32. The first-order chi connectivity index (χ1) is 15.1. The summed E-state index contributed by atoms with van der Waals surface area (Å²) < 4.78 is 11.1. The highest BCUT2D eigenvalue weighted by molar-refractivity contribution is 7.73. The SMILES string of the molecule is O=C(Nc1n[nH]c(=S)s1)N[C@@H](Cc1ccccc1)C(=O)NCc1ccc2c(c1)OCO2. The molecule has 0 spiro atoms. The van der Waals surface area contributed by atoms with Crippen molar-refractivity contribution in [3.8, 4) is 11.5 Å². The van der Waals surface area contributed by atoms with E-state index in [0.717, 1.165) is 22.5 Å². The summed E-state index contributed by atoms with van der Waals surface area (Å²) in [7, 11) is 0. The van der Waals surface area contributed by atoms with Crippen LogP contribution in [0, 0.1) is 3.95 Å². The van der Waals surface area contributed by atoms with Crippen molar-refractivity contribution >= 4 is 40.6 Å². The maximum absolute atomic E-state index is 12.9. The molecule has 0 bridgehead atoms. The molecular weight excluding hydrogens is 438 g/mol. The summed E-state index contributed by atoms with van der Waals surface area (Å²) in [5.74, 6) is 1.01. The molecule has 11 heteroatoms. The zero-order valence-corrected chi connectivity index (χ0v) is 17.8. The Hall–Kier alpha value is -3.44. The van der Waals surface area contributed by atoms with Crippen molar-refractivity contribution in [2.24, 2.45) is 0 Å². The van der Waals surface area contributed by atoms with Crippen LogP contribution in [0.5, 0.6) is 11.5 Å². The fraction of sp³-hybridized carbons (Fsp3) is 0.200. The number of benzene rings is 2. The predicted octanol–water partition coefficient (Wildman–Crippen LogP) is 2.98. The standard InChI is InChI=1S/C20H19N5O4S2/c26-17(21-10-13-6-7-15-16(9-13)29-11-28-15)14(8-12-4-2-1-3-5-12)22-18(27)23-19-24-25-20(30)31-19/h1-7,9,14H,8,10-11H2,(H,21,26)(H,25,30)(H2,22,23,24,27)/t14-/m0/s1. The van der Waals surface area contributed by atoms with Crippen LogP contribution in [0.25, 0.3) is 0 Å². The number of carbonyl (C=O) groups is 2. The Morgan fingerprint density at radius 2 is 1.94 bits per heavy atom. The molecule has 0 unspecified atom stereocenters. The first kappa shape index (κ1) is 20.8. The predicted molar refractivity (Wildman–Crippen MR) is 118 cm³/mol. The van der Waals surface area contributed by atoms with Crippen molar-refractivity contribution in [3.63, 3.8) is 0 Å². The fourth-order valence-corrected chi connectivity index (χ4v) is 3.78. The summed E-state index contributed by atoms with van der Waals surface area (Å²) in [6.45, 7) is 0.470. The molecule has 0 saturated carbocycles. The van der Waals surface area contributed by atoms with Gasteiger partial charge >= 0.3 is 6.03 Å². The smallest absolute Gasteiger partial charge is 0.321 e. The second-order valence-electron chi connectivity index (χ2n) is 6.66. The third-order valence-electron chi connectivity index (χ3n) is 4.47. The first-order valence-electron chi connectivity index (χ1n) is 9.40. The van der Waals surface area contributed by atoms with Crippen LogP contribution in [-0.2, 0) is 17.8 Å². The van der Waals surface area contributed by atoms with E-state index in [9.17, 15) is 9.59 Å². The summed E-state index contributed by atoms with van der Waals surface area (Å²) in [6, 6.07) is 13.6. The second kappa shape index (κ2) is 9.58. The normalized spacial score (nSPS) is 12.8. The Balaban J connectivity index is 1.41. The Morgan fingerprint density at radius 3 is 2.71 bits per heavy atom. The zero-order valence-electron chi connectivity index (χ0n) is 16.2. The quantitative estimate of drug-likeness (QED) is 0.405. The fourth-order valence-electron chi connectivity index (χ4n) is 3.00. The minimum atomic E-state index is -0.789. The minimum absolute atomic E-state index is 0.188. The van der Waals surface area contributed by atoms with E-state index in [1.165, 1.54) is 0 Å². The number of hydrogen-bond donors (Lipinski definition) is 4. The van der Waals surface area contributed by atoms with Gasteiger partial charge in [0.15, 0.2) is 15.5 Å². The molecule has 4 N–H and O–H groups in total. The lowest BCUT2D eigenvalue weighted by Crippen LogP contribution is -2.49. The van der Waals surface area contributed by atoms with Crippen LogP contribution in [0.4, 0.5) is 9.93 Å². The van der Waals surface area contributed by atoms with Gasteiger partial charge in [0.05, 0.1) is 0 Å². The van der Waals surface area contributed by atoms with Crippen molar-refractivity contribution in [2.45, 2.75) is 19.0 Å². The molecule has 2 heterocycles. The number of anilines is 1. The number of hydrogen-bond acceptors (Lipinski definition) is 7. The summed E-state index contributed by atoms with van der Waals surface area (Å²) >= 11 is 6.09. The van der Waals surface area contributed by atoms with E-state index in [0.29, 0.717) is 27.0 Å². The van der Waals surface area contributed by atoms with E-state index < -0.39 is 12.1 Å². The second-order valence-corrected chi connectivity index (χ2v) is 8.33. The van der Waals surface area contributed by atoms with Gasteiger partial charge in [0.1, 0.15) is 6.04 Å². The Bertz CT molecular complexity index is 1130. The molecule has 4 rings (SSSR count). The van der Waals surface area contributed by atoms with Gasteiger partial charge in [0.25, 0.3) is 0 Å². The topological polar surface area (TPSA) is 117 Å². The number of aromatic amines is 1. The largest absolute Gasteiger partial charge is 0.454 e. The van der Waals surface area contributed by atoms with E-state index in [4.69, 9.17) is 21.7 Å². The van der Waals surface area contributed by atoms with Crippen molar-refractivity contribution in [2.75, 3.05) is 12.1 Å². The van der Waals surface area contributed by atoms with Gasteiger partial charge in [-0.3, -0.25) is 15.2 Å². The third-order valence-corrected chi connectivity index (χ3v) is 5.47. The number of nitrogens with one attached hydrogen (secondary N) is 4. The van der Waals surface area contributed by atoms with E-state index in [1.807, 2.05) is 42.5 Å². The van der Waals surface area contributed by atoms with Crippen molar-refractivity contribution in [1.29, 1.82) is 0 Å². The van der Waals surface area contributed by atoms with Gasteiger partial charge in [0, 0.05) is 13.0 Å². The average molecular weight is 458 g/mol. The zero-order chi connectivity index (χ0) is 21.6. The number of nitrogens with zero attached hydrogens (tertiary/aromatic N) is 1. The monoisotopic (exact) mass is 457 g/mol. The van der Waals surface area contributed by atoms with Crippen LogP contribution in [0.2, 0.25) is 0 Å². The average Bonchev–Trinajstić information content (AvgIpc) is 3.40. The lowest BCUT2D eigenvalue weighted by atomic mass is 10.1. The van der Waals surface area contributed by atoms with Gasteiger partial charge in [-0.1, -0.05) is 47.7 Å². The van der Waals surface area contributed by atoms with Crippen LogP contribution in [0.15, 0.2) is 48.5 Å². The molecule has 3 aromatic rings. The van der Waals surface area contributed by atoms with E-state index in [-0.39, 0.29) is 19.2 Å². The molecule has 1 aliphatic rings. The number of urea groups is 1. The van der Waals surface area contributed by atoms with Crippen LogP contribution in [0.3, 0.4) is 0 Å². The van der Waals surface area contributed by atoms with E-state index in [2.05, 4.69) is 26.1 Å².